The predicted octanol–water partition coefficient (Wildman–Crippen LogP) is 5.13. The van der Waals surface area contributed by atoms with Crippen LogP contribution in [0.25, 0.3) is 27.0 Å². The molecular formula is C24H24N6O2S2. The number of rotatable bonds is 5. The van der Waals surface area contributed by atoms with Crippen molar-refractivity contribution in [3.05, 3.63) is 65.8 Å². The van der Waals surface area contributed by atoms with E-state index in [9.17, 15) is 8.42 Å². The third-order valence-electron chi connectivity index (χ3n) is 5.03. The van der Waals surface area contributed by atoms with Crippen molar-refractivity contribution in [1.82, 2.24) is 24.3 Å². The summed E-state index contributed by atoms with van der Waals surface area (Å²) in [6.07, 6.45) is 1.73. The first-order chi connectivity index (χ1) is 16.1. The molecule has 0 spiro atoms. The Bertz CT molecular complexity index is 1630. The van der Waals surface area contributed by atoms with Crippen molar-refractivity contribution < 1.29 is 8.42 Å². The summed E-state index contributed by atoms with van der Waals surface area (Å²) >= 11 is 1.64. The lowest BCUT2D eigenvalue weighted by molar-refractivity contribution is 0.491. The van der Waals surface area contributed by atoms with E-state index in [-0.39, 0.29) is 4.90 Å². The summed E-state index contributed by atoms with van der Waals surface area (Å²) < 4.78 is 31.2. The molecule has 0 aliphatic rings. The average molecular weight is 493 g/mol. The highest BCUT2D eigenvalue weighted by Gasteiger charge is 2.22. The second kappa shape index (κ2) is 8.15. The molecule has 0 unspecified atom stereocenters. The Balaban J connectivity index is 1.50. The summed E-state index contributed by atoms with van der Waals surface area (Å²) in [5.74, 6) is 0.434. The second-order valence-electron chi connectivity index (χ2n) is 9.06. The van der Waals surface area contributed by atoms with Crippen molar-refractivity contribution in [2.45, 2.75) is 38.1 Å². The Morgan fingerprint density at radius 1 is 1.03 bits per heavy atom. The van der Waals surface area contributed by atoms with E-state index < -0.39 is 15.6 Å². The fraction of sp³-hybridized carbons (Fsp3) is 0.208. The van der Waals surface area contributed by atoms with Gasteiger partial charge in [0.05, 0.1) is 37.5 Å². The van der Waals surface area contributed by atoms with E-state index in [1.165, 1.54) is 0 Å². The molecule has 0 saturated carbocycles. The Labute approximate surface area is 201 Å². The molecule has 174 valence electrons. The first-order valence-electron chi connectivity index (χ1n) is 10.7. The van der Waals surface area contributed by atoms with E-state index in [2.05, 4.69) is 25.1 Å². The Morgan fingerprint density at radius 2 is 1.85 bits per heavy atom. The summed E-state index contributed by atoms with van der Waals surface area (Å²) in [7, 11) is -3.66. The molecule has 5 rings (SSSR count). The molecule has 5 aromatic rings. The van der Waals surface area contributed by atoms with Crippen molar-refractivity contribution in [2.75, 3.05) is 5.32 Å². The van der Waals surface area contributed by atoms with Crippen LogP contribution in [0.4, 0.5) is 11.6 Å². The number of anilines is 2. The molecule has 2 N–H and O–H groups in total. The molecule has 0 amide bonds. The molecule has 0 aliphatic heterocycles. The molecule has 3 aromatic heterocycles. The summed E-state index contributed by atoms with van der Waals surface area (Å²) in [6, 6.07) is 16.6. The highest BCUT2D eigenvalue weighted by Crippen LogP contribution is 2.27. The molecule has 0 fully saturated rings. The van der Waals surface area contributed by atoms with Crippen molar-refractivity contribution >= 4 is 48.7 Å². The number of nitrogens with zero attached hydrogens (tertiary/aromatic N) is 4. The Hall–Kier alpha value is -3.34. The second-order valence-corrected chi connectivity index (χ2v) is 12.0. The number of nitrogens with one attached hydrogen (secondary N) is 2. The van der Waals surface area contributed by atoms with Gasteiger partial charge in [-0.15, -0.1) is 16.4 Å². The van der Waals surface area contributed by atoms with Gasteiger partial charge in [0.1, 0.15) is 0 Å². The molecule has 2 aromatic carbocycles. The van der Waals surface area contributed by atoms with Gasteiger partial charge in [0.25, 0.3) is 0 Å². The largest absolute Gasteiger partial charge is 0.323 e. The van der Waals surface area contributed by atoms with Gasteiger partial charge in [0, 0.05) is 16.8 Å². The molecule has 3 heterocycles. The van der Waals surface area contributed by atoms with Gasteiger partial charge in [-0.2, -0.15) is 0 Å². The molecule has 0 atom stereocenters. The maximum Gasteiger partial charge on any atom is 0.245 e. The molecule has 10 heteroatoms. The van der Waals surface area contributed by atoms with Crippen LogP contribution in [-0.2, 0) is 10.0 Å². The molecule has 34 heavy (non-hydrogen) atoms. The number of aromatic nitrogens is 4. The van der Waals surface area contributed by atoms with Crippen molar-refractivity contribution in [3.63, 3.8) is 0 Å². The lowest BCUT2D eigenvalue weighted by Gasteiger charge is -2.20. The van der Waals surface area contributed by atoms with Crippen LogP contribution in [0.5, 0.6) is 0 Å². The van der Waals surface area contributed by atoms with E-state index in [1.807, 2.05) is 64.1 Å². The topological polar surface area (TPSA) is 101 Å². The third-order valence-corrected chi connectivity index (χ3v) is 7.72. The van der Waals surface area contributed by atoms with Crippen molar-refractivity contribution in [3.8, 4) is 11.3 Å². The quantitative estimate of drug-likeness (QED) is 0.352. The summed E-state index contributed by atoms with van der Waals surface area (Å²) in [6.45, 7) is 7.43. The first-order valence-corrected chi connectivity index (χ1v) is 13.0. The number of aryl methyl sites for hydroxylation is 1. The molecular weight excluding hydrogens is 468 g/mol. The standard InChI is InChI=1S/C24H24N6O2S2/c1-15-26-20-10-8-17(13-22(20)33-15)27-23-25-14-18-9-11-21(30(18)28-23)16-6-5-7-19(12-16)34(31,32)29-24(2,3)4/h5-14,29H,1-4H3,(H,27,28). The minimum Gasteiger partial charge on any atom is -0.323 e. The summed E-state index contributed by atoms with van der Waals surface area (Å²) in [5, 5.41) is 8.94. The third kappa shape index (κ3) is 4.52. The van der Waals surface area contributed by atoms with Gasteiger partial charge in [-0.25, -0.2) is 27.6 Å². The molecule has 0 bridgehead atoms. The van der Waals surface area contributed by atoms with Crippen LogP contribution in [0.3, 0.4) is 0 Å². The fourth-order valence-electron chi connectivity index (χ4n) is 3.71. The van der Waals surface area contributed by atoms with E-state index >= 15 is 0 Å². The van der Waals surface area contributed by atoms with Crippen molar-refractivity contribution in [1.29, 1.82) is 0 Å². The number of benzene rings is 2. The van der Waals surface area contributed by atoms with Crippen LogP contribution in [0, 0.1) is 6.92 Å². The van der Waals surface area contributed by atoms with Gasteiger partial charge in [0.2, 0.25) is 16.0 Å². The molecule has 0 aliphatic carbocycles. The van der Waals surface area contributed by atoms with Crippen LogP contribution in [-0.4, -0.2) is 33.5 Å². The zero-order chi connectivity index (χ0) is 24.1. The smallest absolute Gasteiger partial charge is 0.245 e. The lowest BCUT2D eigenvalue weighted by Crippen LogP contribution is -2.40. The Morgan fingerprint density at radius 3 is 2.65 bits per heavy atom. The monoisotopic (exact) mass is 492 g/mol. The normalized spacial score (nSPS) is 12.5. The van der Waals surface area contributed by atoms with Gasteiger partial charge in [-0.05, 0) is 70.2 Å². The zero-order valence-corrected chi connectivity index (χ0v) is 20.8. The number of fused-ring (bicyclic) bond motifs is 2. The summed E-state index contributed by atoms with van der Waals surface area (Å²) in [5.41, 5.74) is 3.56. The minimum atomic E-state index is -3.66. The van der Waals surface area contributed by atoms with E-state index in [0.29, 0.717) is 5.95 Å². The van der Waals surface area contributed by atoms with Crippen LogP contribution < -0.4 is 10.0 Å². The predicted molar refractivity (Wildman–Crippen MR) is 136 cm³/mol. The minimum absolute atomic E-state index is 0.204. The van der Waals surface area contributed by atoms with Crippen LogP contribution in [0.1, 0.15) is 25.8 Å². The molecule has 0 saturated heterocycles. The number of hydrogen-bond acceptors (Lipinski definition) is 7. The van der Waals surface area contributed by atoms with Crippen molar-refractivity contribution in [2.24, 2.45) is 0 Å². The van der Waals surface area contributed by atoms with Crippen LogP contribution in [0.15, 0.2) is 65.7 Å². The average Bonchev–Trinajstić information content (AvgIpc) is 3.34. The van der Waals surface area contributed by atoms with Gasteiger partial charge < -0.3 is 5.32 Å². The fourth-order valence-corrected chi connectivity index (χ4v) is 6.04. The SMILES string of the molecule is Cc1nc2ccc(Nc3ncc4ccc(-c5cccc(S(=O)(=O)NC(C)(C)C)c5)n4n3)cc2s1. The highest BCUT2D eigenvalue weighted by atomic mass is 32.2. The highest BCUT2D eigenvalue weighted by molar-refractivity contribution is 7.89. The first kappa shape index (κ1) is 22.5. The maximum absolute atomic E-state index is 12.8. The van der Waals surface area contributed by atoms with Crippen LogP contribution >= 0.6 is 11.3 Å². The van der Waals surface area contributed by atoms with Gasteiger partial charge in [-0.3, -0.25) is 0 Å². The van der Waals surface area contributed by atoms with Crippen LogP contribution in [0.2, 0.25) is 0 Å². The summed E-state index contributed by atoms with van der Waals surface area (Å²) in [4.78, 5) is 9.13. The van der Waals surface area contributed by atoms with Gasteiger partial charge in [-0.1, -0.05) is 12.1 Å². The van der Waals surface area contributed by atoms with Gasteiger partial charge in [0.15, 0.2) is 0 Å². The number of hydrogen-bond donors (Lipinski definition) is 2. The number of sulfonamides is 1. The lowest BCUT2D eigenvalue weighted by atomic mass is 10.1. The number of thiazole rings is 1. The van der Waals surface area contributed by atoms with Gasteiger partial charge >= 0.3 is 0 Å². The van der Waals surface area contributed by atoms with E-state index in [4.69, 9.17) is 0 Å². The maximum atomic E-state index is 12.8. The molecule has 0 radical (unpaired) electrons. The van der Waals surface area contributed by atoms with E-state index in [1.54, 1.807) is 40.2 Å². The Kier molecular flexibility index (Phi) is 5.38. The molecule has 8 nitrogen and oxygen atoms in total. The van der Waals surface area contributed by atoms with E-state index in [0.717, 1.165) is 37.7 Å². The zero-order valence-electron chi connectivity index (χ0n) is 19.2.